The van der Waals surface area contributed by atoms with Crippen molar-refractivity contribution < 1.29 is 9.90 Å². The summed E-state index contributed by atoms with van der Waals surface area (Å²) >= 11 is 0. The molecule has 1 saturated carbocycles. The highest BCUT2D eigenvalue weighted by atomic mass is 16.3. The molecule has 102 valence electrons. The van der Waals surface area contributed by atoms with E-state index in [1.807, 2.05) is 18.2 Å². The van der Waals surface area contributed by atoms with Crippen molar-refractivity contribution in [3.05, 3.63) is 29.8 Å². The van der Waals surface area contributed by atoms with E-state index < -0.39 is 0 Å². The number of hydrogen-bond acceptors (Lipinski definition) is 3. The van der Waals surface area contributed by atoms with E-state index in [1.165, 1.54) is 7.85 Å². The summed E-state index contributed by atoms with van der Waals surface area (Å²) in [5.41, 5.74) is 2.18. The maximum absolute atomic E-state index is 10.9. The Labute approximate surface area is 115 Å². The lowest BCUT2D eigenvalue weighted by molar-refractivity contribution is 0.126. The molecule has 2 rings (SSSR count). The van der Waals surface area contributed by atoms with Gasteiger partial charge in [-0.2, -0.15) is 0 Å². The molecule has 3 N–H and O–H groups in total. The fourth-order valence-electron chi connectivity index (χ4n) is 2.45. The second-order valence-corrected chi connectivity index (χ2v) is 5.26. The third kappa shape index (κ3) is 4.60. The smallest absolute Gasteiger partial charge is 0.215 e. The van der Waals surface area contributed by atoms with Gasteiger partial charge in [0.2, 0.25) is 7.85 Å². The van der Waals surface area contributed by atoms with Gasteiger partial charge in [0.05, 0.1) is 6.10 Å². The summed E-state index contributed by atoms with van der Waals surface area (Å²) in [5, 5.41) is 15.8. The van der Waals surface area contributed by atoms with Crippen LogP contribution in [-0.2, 0) is 6.54 Å². The molecule has 1 amide bonds. The molecule has 4 nitrogen and oxygen atoms in total. The molecule has 1 aromatic carbocycles. The Morgan fingerprint density at radius 3 is 2.74 bits per heavy atom. The van der Waals surface area contributed by atoms with Crippen molar-refractivity contribution in [3.8, 4) is 0 Å². The maximum Gasteiger partial charge on any atom is 0.215 e. The van der Waals surface area contributed by atoms with Gasteiger partial charge >= 0.3 is 0 Å². The van der Waals surface area contributed by atoms with Gasteiger partial charge in [0.1, 0.15) is 0 Å². The van der Waals surface area contributed by atoms with Crippen molar-refractivity contribution in [2.45, 2.75) is 44.4 Å². The van der Waals surface area contributed by atoms with Gasteiger partial charge in [-0.05, 0) is 43.4 Å². The summed E-state index contributed by atoms with van der Waals surface area (Å²) in [7, 11) is 1.52. The van der Waals surface area contributed by atoms with Gasteiger partial charge in [0.15, 0.2) is 5.81 Å². The van der Waals surface area contributed by atoms with Crippen LogP contribution in [0.5, 0.6) is 0 Å². The lowest BCUT2D eigenvalue weighted by Gasteiger charge is -2.27. The number of hydrogen-bond donors (Lipinski definition) is 3. The number of benzene rings is 1. The van der Waals surface area contributed by atoms with Crippen molar-refractivity contribution >= 4 is 19.3 Å². The molecule has 0 unspecified atom stereocenters. The minimum Gasteiger partial charge on any atom is -0.393 e. The standard InChI is InChI=1S/C14H21BN2O2/c15-14(19)16-9-10-2-1-3-12(8-10)17-11-4-6-13(18)7-5-11/h1-3,8,11,13,17-18H,4-7,9,15H2,(H,16,19)/t11-,13-. The number of anilines is 1. The minimum atomic E-state index is -0.121. The van der Waals surface area contributed by atoms with E-state index in [4.69, 9.17) is 0 Å². The zero-order chi connectivity index (χ0) is 13.7. The van der Waals surface area contributed by atoms with Gasteiger partial charge < -0.3 is 15.7 Å². The fourth-order valence-corrected chi connectivity index (χ4v) is 2.45. The molecular formula is C14H21BN2O2. The molecule has 0 heterocycles. The Balaban J connectivity index is 1.89. The Bertz CT molecular complexity index is 431. The van der Waals surface area contributed by atoms with Gasteiger partial charge in [-0.3, -0.25) is 4.79 Å². The molecule has 0 saturated heterocycles. The first-order valence-electron chi connectivity index (χ1n) is 6.91. The van der Waals surface area contributed by atoms with Crippen LogP contribution in [0, 0.1) is 0 Å². The number of amides is 1. The third-order valence-electron chi connectivity index (χ3n) is 3.54. The van der Waals surface area contributed by atoms with Gasteiger partial charge in [-0.25, -0.2) is 0 Å². The summed E-state index contributed by atoms with van der Waals surface area (Å²) in [5.74, 6) is -0.0142. The van der Waals surface area contributed by atoms with Crippen molar-refractivity contribution in [2.24, 2.45) is 0 Å². The molecule has 1 aromatic rings. The molecule has 5 heteroatoms. The molecule has 1 fully saturated rings. The van der Waals surface area contributed by atoms with Gasteiger partial charge in [-0.15, -0.1) is 0 Å². The van der Waals surface area contributed by atoms with Crippen LogP contribution in [-0.4, -0.2) is 30.9 Å². The van der Waals surface area contributed by atoms with Crippen LogP contribution >= 0.6 is 0 Å². The molecule has 0 aromatic heterocycles. The summed E-state index contributed by atoms with van der Waals surface area (Å²) in [6.45, 7) is 0.564. The molecular weight excluding hydrogens is 239 g/mol. The maximum atomic E-state index is 10.9. The van der Waals surface area contributed by atoms with E-state index in [9.17, 15) is 9.90 Å². The molecule has 0 spiro atoms. The minimum absolute atomic E-state index is 0.0142. The molecule has 1 aliphatic rings. The Morgan fingerprint density at radius 1 is 1.32 bits per heavy atom. The first-order chi connectivity index (χ1) is 9.13. The van der Waals surface area contributed by atoms with Crippen molar-refractivity contribution in [1.82, 2.24) is 5.32 Å². The van der Waals surface area contributed by atoms with E-state index in [0.29, 0.717) is 12.6 Å². The Kier molecular flexibility index (Phi) is 4.85. The van der Waals surface area contributed by atoms with Crippen LogP contribution < -0.4 is 10.6 Å². The monoisotopic (exact) mass is 260 g/mol. The number of aliphatic hydroxyl groups excluding tert-OH is 1. The lowest BCUT2D eigenvalue weighted by atomic mass is 9.93. The highest BCUT2D eigenvalue weighted by molar-refractivity contribution is 6.57. The zero-order valence-electron chi connectivity index (χ0n) is 11.4. The van der Waals surface area contributed by atoms with Crippen LogP contribution in [0.1, 0.15) is 31.2 Å². The summed E-state index contributed by atoms with van der Waals surface area (Å²) in [6, 6.07) is 8.56. The van der Waals surface area contributed by atoms with Crippen molar-refractivity contribution in [2.75, 3.05) is 5.32 Å². The van der Waals surface area contributed by atoms with Crippen molar-refractivity contribution in [1.29, 1.82) is 0 Å². The van der Waals surface area contributed by atoms with E-state index in [0.717, 1.165) is 36.9 Å². The molecule has 0 bridgehead atoms. The number of carbonyl (C=O) groups excluding carboxylic acids is 1. The van der Waals surface area contributed by atoms with E-state index in [1.54, 1.807) is 0 Å². The molecule has 0 atom stereocenters. The van der Waals surface area contributed by atoms with Gasteiger partial charge in [-0.1, -0.05) is 12.1 Å². The first kappa shape index (κ1) is 13.9. The van der Waals surface area contributed by atoms with Gasteiger partial charge in [0, 0.05) is 18.3 Å². The largest absolute Gasteiger partial charge is 0.393 e. The highest BCUT2D eigenvalue weighted by Gasteiger charge is 2.18. The number of rotatable bonds is 4. The predicted octanol–water partition coefficient (Wildman–Crippen LogP) is 1.24. The second kappa shape index (κ2) is 6.61. The number of nitrogens with one attached hydrogen (secondary N) is 2. The average molecular weight is 260 g/mol. The van der Waals surface area contributed by atoms with Crippen LogP contribution in [0.4, 0.5) is 10.5 Å². The number of carbonyl (C=O) groups is 1. The zero-order valence-corrected chi connectivity index (χ0v) is 11.4. The third-order valence-corrected chi connectivity index (χ3v) is 3.54. The van der Waals surface area contributed by atoms with Crippen LogP contribution in [0.15, 0.2) is 24.3 Å². The Morgan fingerprint density at radius 2 is 2.05 bits per heavy atom. The molecule has 0 radical (unpaired) electrons. The van der Waals surface area contributed by atoms with Crippen LogP contribution in [0.2, 0.25) is 0 Å². The topological polar surface area (TPSA) is 61.4 Å². The van der Waals surface area contributed by atoms with E-state index in [-0.39, 0.29) is 11.9 Å². The number of aliphatic hydroxyl groups is 1. The normalized spacial score (nSPS) is 22.8. The average Bonchev–Trinajstić information content (AvgIpc) is 2.40. The Hall–Kier alpha value is -1.49. The van der Waals surface area contributed by atoms with Gasteiger partial charge in [0.25, 0.3) is 0 Å². The molecule has 19 heavy (non-hydrogen) atoms. The van der Waals surface area contributed by atoms with Crippen LogP contribution in [0.25, 0.3) is 0 Å². The second-order valence-electron chi connectivity index (χ2n) is 5.26. The van der Waals surface area contributed by atoms with Crippen LogP contribution in [0.3, 0.4) is 0 Å². The van der Waals surface area contributed by atoms with E-state index in [2.05, 4.69) is 16.7 Å². The first-order valence-corrected chi connectivity index (χ1v) is 6.91. The van der Waals surface area contributed by atoms with E-state index >= 15 is 0 Å². The SMILES string of the molecule is BC(=O)NCc1cccc(N[C@H]2CC[C@H](O)CC2)c1. The summed E-state index contributed by atoms with van der Waals surface area (Å²) in [4.78, 5) is 10.9. The summed E-state index contributed by atoms with van der Waals surface area (Å²) < 4.78 is 0. The fraction of sp³-hybridized carbons (Fsp3) is 0.500. The predicted molar refractivity (Wildman–Crippen MR) is 79.1 cm³/mol. The summed E-state index contributed by atoms with van der Waals surface area (Å²) in [6.07, 6.45) is 3.66. The molecule has 0 aliphatic heterocycles. The highest BCUT2D eigenvalue weighted by Crippen LogP contribution is 2.22. The quantitative estimate of drug-likeness (QED) is 0.714. The lowest BCUT2D eigenvalue weighted by Crippen LogP contribution is -2.28. The van der Waals surface area contributed by atoms with Crippen molar-refractivity contribution in [3.63, 3.8) is 0 Å². The molecule has 1 aliphatic carbocycles.